The van der Waals surface area contributed by atoms with Crippen molar-refractivity contribution < 1.29 is 14.3 Å². The number of aldehydes is 1. The third kappa shape index (κ3) is 4.23. The molecule has 0 fully saturated rings. The van der Waals surface area contributed by atoms with Crippen LogP contribution in [0.4, 0.5) is 5.69 Å². The molecule has 4 nitrogen and oxygen atoms in total. The summed E-state index contributed by atoms with van der Waals surface area (Å²) in [5.74, 6) is 0.123. The Kier molecular flexibility index (Phi) is 5.78. The summed E-state index contributed by atoms with van der Waals surface area (Å²) in [5, 5.41) is 2.91. The first kappa shape index (κ1) is 18.2. The van der Waals surface area contributed by atoms with Crippen molar-refractivity contribution in [3.05, 3.63) is 57.1 Å². The number of rotatable bonds is 5. The van der Waals surface area contributed by atoms with Gasteiger partial charge in [-0.15, -0.1) is 0 Å². The van der Waals surface area contributed by atoms with Crippen molar-refractivity contribution in [1.82, 2.24) is 0 Å². The average Bonchev–Trinajstić information content (AvgIpc) is 2.52. The number of carbonyl (C=O) groups excluding carboxylic acids is 2. The predicted molar refractivity (Wildman–Crippen MR) is 98.9 cm³/mol. The van der Waals surface area contributed by atoms with Gasteiger partial charge in [-0.3, -0.25) is 9.59 Å². The fourth-order valence-corrected chi connectivity index (χ4v) is 2.94. The van der Waals surface area contributed by atoms with E-state index in [1.165, 1.54) is 0 Å². The Morgan fingerprint density at radius 1 is 1.17 bits per heavy atom. The van der Waals surface area contributed by atoms with E-state index in [4.69, 9.17) is 4.74 Å². The molecule has 0 radical (unpaired) electrons. The molecule has 1 atom stereocenters. The number of carbonyl (C=O) groups is 2. The molecule has 126 valence electrons. The largest absolute Gasteiger partial charge is 0.480 e. The van der Waals surface area contributed by atoms with Gasteiger partial charge in [-0.25, -0.2) is 0 Å². The lowest BCUT2D eigenvalue weighted by Gasteiger charge is -2.18. The molecular formula is C19H20BrNO3. The molecule has 1 N–H and O–H groups in total. The molecule has 0 aliphatic rings. The summed E-state index contributed by atoms with van der Waals surface area (Å²) >= 11 is 3.30. The van der Waals surface area contributed by atoms with Crippen LogP contribution in [0.1, 0.15) is 34.0 Å². The molecule has 24 heavy (non-hydrogen) atoms. The molecule has 0 unspecified atom stereocenters. The number of nitrogens with one attached hydrogen (secondary N) is 1. The maximum absolute atomic E-state index is 12.4. The van der Waals surface area contributed by atoms with Crippen LogP contribution in [0.5, 0.6) is 5.75 Å². The Morgan fingerprint density at radius 3 is 2.38 bits per heavy atom. The first-order chi connectivity index (χ1) is 11.3. The van der Waals surface area contributed by atoms with E-state index in [0.29, 0.717) is 17.6 Å². The van der Waals surface area contributed by atoms with E-state index < -0.39 is 6.10 Å². The maximum Gasteiger partial charge on any atom is 0.265 e. The van der Waals surface area contributed by atoms with E-state index in [0.717, 1.165) is 26.9 Å². The van der Waals surface area contributed by atoms with Crippen LogP contribution < -0.4 is 10.1 Å². The summed E-state index contributed by atoms with van der Waals surface area (Å²) in [6, 6.07) is 9.13. The molecule has 0 aromatic heterocycles. The number of halogens is 1. The summed E-state index contributed by atoms with van der Waals surface area (Å²) in [6.45, 7) is 7.59. The number of hydrogen-bond donors (Lipinski definition) is 1. The molecular weight excluding hydrogens is 370 g/mol. The zero-order valence-corrected chi connectivity index (χ0v) is 15.7. The van der Waals surface area contributed by atoms with Crippen LogP contribution in [0.25, 0.3) is 0 Å². The van der Waals surface area contributed by atoms with Crippen LogP contribution >= 0.6 is 15.9 Å². The molecule has 0 spiro atoms. The van der Waals surface area contributed by atoms with Gasteiger partial charge in [0.2, 0.25) is 0 Å². The molecule has 2 aromatic rings. The van der Waals surface area contributed by atoms with Crippen molar-refractivity contribution in [2.24, 2.45) is 0 Å². The average molecular weight is 390 g/mol. The Balaban J connectivity index is 2.15. The number of anilines is 1. The van der Waals surface area contributed by atoms with Gasteiger partial charge in [0.05, 0.1) is 5.56 Å². The van der Waals surface area contributed by atoms with Crippen LogP contribution in [0, 0.1) is 20.8 Å². The van der Waals surface area contributed by atoms with Crippen LogP contribution in [-0.4, -0.2) is 18.3 Å². The molecule has 2 rings (SSSR count). The van der Waals surface area contributed by atoms with Gasteiger partial charge in [0, 0.05) is 10.2 Å². The minimum absolute atomic E-state index is 0.259. The quantitative estimate of drug-likeness (QED) is 0.760. The molecule has 5 heteroatoms. The van der Waals surface area contributed by atoms with E-state index in [9.17, 15) is 9.59 Å². The van der Waals surface area contributed by atoms with Gasteiger partial charge < -0.3 is 10.1 Å². The zero-order chi connectivity index (χ0) is 17.9. The van der Waals surface area contributed by atoms with Gasteiger partial charge in [0.25, 0.3) is 5.91 Å². The summed E-state index contributed by atoms with van der Waals surface area (Å²) in [5.41, 5.74) is 4.35. The molecule has 0 aliphatic carbocycles. The molecule has 0 heterocycles. The van der Waals surface area contributed by atoms with Gasteiger partial charge >= 0.3 is 0 Å². The molecule has 2 aromatic carbocycles. The standard InChI is InChI=1S/C19H20BrNO3/c1-11-7-12(2)18(13(3)8-11)21-19(23)14(4)24-17-6-5-16(20)9-15(17)10-22/h5-10,14H,1-4H3,(H,21,23)/t14-/m0/s1. The molecule has 0 saturated carbocycles. The molecule has 0 saturated heterocycles. The van der Waals surface area contributed by atoms with Crippen molar-refractivity contribution in [2.75, 3.05) is 5.32 Å². The number of ether oxygens (including phenoxy) is 1. The van der Waals surface area contributed by atoms with E-state index in [2.05, 4.69) is 21.2 Å². The number of hydrogen-bond acceptors (Lipinski definition) is 3. The Hall–Kier alpha value is -2.14. The van der Waals surface area contributed by atoms with Crippen molar-refractivity contribution >= 4 is 33.8 Å². The van der Waals surface area contributed by atoms with Gasteiger partial charge in [0.1, 0.15) is 5.75 Å². The molecule has 1 amide bonds. The minimum atomic E-state index is -0.732. The second-order valence-corrected chi connectivity index (χ2v) is 6.74. The highest BCUT2D eigenvalue weighted by Crippen LogP contribution is 2.24. The zero-order valence-electron chi connectivity index (χ0n) is 14.1. The van der Waals surface area contributed by atoms with Gasteiger partial charge in [-0.05, 0) is 57.0 Å². The fourth-order valence-electron chi connectivity index (χ4n) is 2.56. The highest BCUT2D eigenvalue weighted by Gasteiger charge is 2.18. The van der Waals surface area contributed by atoms with Gasteiger partial charge in [-0.1, -0.05) is 33.6 Å². The Morgan fingerprint density at radius 2 is 1.79 bits per heavy atom. The molecule has 0 aliphatic heterocycles. The van der Waals surface area contributed by atoms with Gasteiger partial charge in [-0.2, -0.15) is 0 Å². The second kappa shape index (κ2) is 7.62. The topological polar surface area (TPSA) is 55.4 Å². The normalized spacial score (nSPS) is 11.7. The van der Waals surface area contributed by atoms with E-state index >= 15 is 0 Å². The smallest absolute Gasteiger partial charge is 0.265 e. The van der Waals surface area contributed by atoms with Crippen LogP contribution in [0.2, 0.25) is 0 Å². The second-order valence-electron chi connectivity index (χ2n) is 5.82. The minimum Gasteiger partial charge on any atom is -0.480 e. The third-order valence-corrected chi connectivity index (χ3v) is 4.19. The first-order valence-electron chi connectivity index (χ1n) is 7.62. The summed E-state index contributed by atoms with van der Waals surface area (Å²) in [7, 11) is 0. The van der Waals surface area contributed by atoms with E-state index in [-0.39, 0.29) is 5.91 Å². The Bertz CT molecular complexity index is 763. The highest BCUT2D eigenvalue weighted by molar-refractivity contribution is 9.10. The van der Waals surface area contributed by atoms with Crippen LogP contribution in [0.15, 0.2) is 34.8 Å². The summed E-state index contributed by atoms with van der Waals surface area (Å²) in [4.78, 5) is 23.6. The number of aryl methyl sites for hydroxylation is 3. The summed E-state index contributed by atoms with van der Waals surface area (Å²) < 4.78 is 6.44. The lowest BCUT2D eigenvalue weighted by atomic mass is 10.0. The number of benzene rings is 2. The lowest BCUT2D eigenvalue weighted by Crippen LogP contribution is -2.31. The third-order valence-electron chi connectivity index (χ3n) is 3.70. The van der Waals surface area contributed by atoms with Crippen molar-refractivity contribution in [3.63, 3.8) is 0 Å². The van der Waals surface area contributed by atoms with Crippen LogP contribution in [0.3, 0.4) is 0 Å². The van der Waals surface area contributed by atoms with Crippen molar-refractivity contribution in [2.45, 2.75) is 33.8 Å². The monoisotopic (exact) mass is 389 g/mol. The SMILES string of the molecule is Cc1cc(C)c(NC(=O)[C@H](C)Oc2ccc(Br)cc2C=O)c(C)c1. The number of amides is 1. The highest BCUT2D eigenvalue weighted by atomic mass is 79.9. The van der Waals surface area contributed by atoms with Gasteiger partial charge in [0.15, 0.2) is 12.4 Å². The predicted octanol–water partition coefficient (Wildman–Crippen LogP) is 4.59. The molecule has 0 bridgehead atoms. The van der Waals surface area contributed by atoms with Crippen molar-refractivity contribution in [1.29, 1.82) is 0 Å². The van der Waals surface area contributed by atoms with Crippen molar-refractivity contribution in [3.8, 4) is 5.75 Å². The van der Waals surface area contributed by atoms with Crippen LogP contribution in [-0.2, 0) is 4.79 Å². The Labute approximate surface area is 150 Å². The maximum atomic E-state index is 12.4. The first-order valence-corrected chi connectivity index (χ1v) is 8.41. The fraction of sp³-hybridized carbons (Fsp3) is 0.263. The lowest BCUT2D eigenvalue weighted by molar-refractivity contribution is -0.122. The summed E-state index contributed by atoms with van der Waals surface area (Å²) in [6.07, 6.45) is -0.0242. The van der Waals surface area contributed by atoms with E-state index in [1.807, 2.05) is 32.9 Å². The van der Waals surface area contributed by atoms with E-state index in [1.54, 1.807) is 25.1 Å².